The lowest BCUT2D eigenvalue weighted by molar-refractivity contribution is -0.138. The van der Waals surface area contributed by atoms with Crippen LogP contribution in [0.2, 0.25) is 0 Å². The largest absolute Gasteiger partial charge is 0.493 e. The first kappa shape index (κ1) is 15.6. The molecule has 1 unspecified atom stereocenters. The SMILES string of the molecule is COc1cc(CC(N)C(=O)O)ccc1OC1CS(=O)(=O)C1. The van der Waals surface area contributed by atoms with Gasteiger partial charge in [0.05, 0.1) is 18.6 Å². The van der Waals surface area contributed by atoms with Crippen molar-refractivity contribution < 1.29 is 27.8 Å². The van der Waals surface area contributed by atoms with E-state index >= 15 is 0 Å². The van der Waals surface area contributed by atoms with E-state index in [2.05, 4.69) is 0 Å². The molecule has 0 bridgehead atoms. The van der Waals surface area contributed by atoms with Gasteiger partial charge in [0, 0.05) is 0 Å². The fraction of sp³-hybridized carbons (Fsp3) is 0.462. The highest BCUT2D eigenvalue weighted by Gasteiger charge is 2.35. The molecule has 0 amide bonds. The highest BCUT2D eigenvalue weighted by atomic mass is 32.2. The van der Waals surface area contributed by atoms with Crippen molar-refractivity contribution in [3.63, 3.8) is 0 Å². The zero-order valence-electron chi connectivity index (χ0n) is 11.5. The molecule has 0 saturated carbocycles. The van der Waals surface area contributed by atoms with Crippen LogP contribution in [0.15, 0.2) is 18.2 Å². The number of ether oxygens (including phenoxy) is 2. The summed E-state index contributed by atoms with van der Waals surface area (Å²) in [6, 6.07) is 3.98. The van der Waals surface area contributed by atoms with Gasteiger partial charge in [-0.2, -0.15) is 0 Å². The van der Waals surface area contributed by atoms with Gasteiger partial charge in [0.25, 0.3) is 0 Å². The van der Waals surface area contributed by atoms with Gasteiger partial charge < -0.3 is 20.3 Å². The quantitative estimate of drug-likeness (QED) is 0.748. The summed E-state index contributed by atoms with van der Waals surface area (Å²) in [6.45, 7) is 0. The molecule has 8 heteroatoms. The molecular formula is C13H17NO6S. The number of carboxylic acids is 1. The maximum atomic E-state index is 11.1. The smallest absolute Gasteiger partial charge is 0.320 e. The Morgan fingerprint density at radius 1 is 1.43 bits per heavy atom. The van der Waals surface area contributed by atoms with E-state index in [0.717, 1.165) is 0 Å². The van der Waals surface area contributed by atoms with Gasteiger partial charge >= 0.3 is 5.97 Å². The summed E-state index contributed by atoms with van der Waals surface area (Å²) in [5.74, 6) is -0.211. The van der Waals surface area contributed by atoms with E-state index in [4.69, 9.17) is 20.3 Å². The Morgan fingerprint density at radius 3 is 2.62 bits per heavy atom. The molecular weight excluding hydrogens is 298 g/mol. The summed E-state index contributed by atoms with van der Waals surface area (Å²) in [5, 5.41) is 8.79. The third-order valence-corrected chi connectivity index (χ3v) is 4.93. The number of carboxylic acid groups (broad SMARTS) is 1. The van der Waals surface area contributed by atoms with Crippen LogP contribution in [-0.2, 0) is 21.1 Å². The van der Waals surface area contributed by atoms with Gasteiger partial charge in [-0.25, -0.2) is 8.42 Å². The number of sulfone groups is 1. The zero-order valence-corrected chi connectivity index (χ0v) is 12.3. The van der Waals surface area contributed by atoms with Crippen LogP contribution in [0.4, 0.5) is 0 Å². The lowest BCUT2D eigenvalue weighted by atomic mass is 10.1. The van der Waals surface area contributed by atoms with Crippen molar-refractivity contribution in [3.05, 3.63) is 23.8 Å². The summed E-state index contributed by atoms with van der Waals surface area (Å²) in [6.07, 6.45) is -0.194. The molecule has 21 heavy (non-hydrogen) atoms. The Labute approximate surface area is 122 Å². The Morgan fingerprint density at radius 2 is 2.10 bits per heavy atom. The second kappa shape index (κ2) is 5.90. The second-order valence-corrected chi connectivity index (χ2v) is 7.10. The van der Waals surface area contributed by atoms with Gasteiger partial charge in [0.1, 0.15) is 12.1 Å². The number of hydrogen-bond acceptors (Lipinski definition) is 6. The molecule has 1 saturated heterocycles. The van der Waals surface area contributed by atoms with Crippen LogP contribution in [0, 0.1) is 0 Å². The predicted octanol–water partition coefficient (Wildman–Crippen LogP) is -0.175. The van der Waals surface area contributed by atoms with Gasteiger partial charge in [-0.05, 0) is 24.1 Å². The molecule has 0 aromatic heterocycles. The molecule has 116 valence electrons. The van der Waals surface area contributed by atoms with Crippen LogP contribution in [0.25, 0.3) is 0 Å². The third kappa shape index (κ3) is 3.85. The van der Waals surface area contributed by atoms with Gasteiger partial charge in [0.15, 0.2) is 21.3 Å². The van der Waals surface area contributed by atoms with E-state index < -0.39 is 21.8 Å². The van der Waals surface area contributed by atoms with E-state index in [-0.39, 0.29) is 24.0 Å². The molecule has 1 aliphatic heterocycles. The molecule has 7 nitrogen and oxygen atoms in total. The summed E-state index contributed by atoms with van der Waals surface area (Å²) >= 11 is 0. The Balaban J connectivity index is 2.08. The van der Waals surface area contributed by atoms with Crippen LogP contribution in [0.1, 0.15) is 5.56 Å². The molecule has 0 radical (unpaired) electrons. The summed E-state index contributed by atoms with van der Waals surface area (Å²) in [7, 11) is -1.49. The Hall–Kier alpha value is -1.80. The predicted molar refractivity (Wildman–Crippen MR) is 75.4 cm³/mol. The normalized spacial score (nSPS) is 18.6. The average molecular weight is 315 g/mol. The van der Waals surface area contributed by atoms with Crippen molar-refractivity contribution in [1.82, 2.24) is 0 Å². The maximum absolute atomic E-state index is 11.1. The van der Waals surface area contributed by atoms with E-state index in [1.807, 2.05) is 0 Å². The van der Waals surface area contributed by atoms with Gasteiger partial charge in [0.2, 0.25) is 0 Å². The van der Waals surface area contributed by atoms with E-state index in [1.165, 1.54) is 7.11 Å². The first-order valence-electron chi connectivity index (χ1n) is 6.33. The number of nitrogens with two attached hydrogens (primary N) is 1. The monoisotopic (exact) mass is 315 g/mol. The van der Waals surface area contributed by atoms with Crippen molar-refractivity contribution in [2.75, 3.05) is 18.6 Å². The van der Waals surface area contributed by atoms with Crippen molar-refractivity contribution in [1.29, 1.82) is 0 Å². The lowest BCUT2D eigenvalue weighted by Crippen LogP contribution is -2.45. The first-order chi connectivity index (χ1) is 9.80. The minimum atomic E-state index is -2.95. The third-order valence-electron chi connectivity index (χ3n) is 3.17. The van der Waals surface area contributed by atoms with Crippen molar-refractivity contribution >= 4 is 15.8 Å². The summed E-state index contributed by atoms with van der Waals surface area (Å²) in [5.41, 5.74) is 6.19. The van der Waals surface area contributed by atoms with E-state index in [9.17, 15) is 13.2 Å². The van der Waals surface area contributed by atoms with E-state index in [1.54, 1.807) is 18.2 Å². The van der Waals surface area contributed by atoms with Gasteiger partial charge in [-0.15, -0.1) is 0 Å². The molecule has 3 N–H and O–H groups in total. The lowest BCUT2D eigenvalue weighted by Gasteiger charge is -2.27. The zero-order chi connectivity index (χ0) is 15.6. The molecule has 1 heterocycles. The summed E-state index contributed by atoms with van der Waals surface area (Å²) in [4.78, 5) is 10.7. The van der Waals surface area contributed by atoms with Crippen LogP contribution in [-0.4, -0.2) is 50.3 Å². The minimum Gasteiger partial charge on any atom is -0.493 e. The fourth-order valence-electron chi connectivity index (χ4n) is 2.04. The molecule has 1 aromatic rings. The summed E-state index contributed by atoms with van der Waals surface area (Å²) < 4.78 is 33.0. The second-order valence-electron chi connectivity index (χ2n) is 4.95. The van der Waals surface area contributed by atoms with Crippen LogP contribution < -0.4 is 15.2 Å². The first-order valence-corrected chi connectivity index (χ1v) is 8.15. The number of hydrogen-bond donors (Lipinski definition) is 2. The van der Waals surface area contributed by atoms with Crippen LogP contribution in [0.5, 0.6) is 11.5 Å². The van der Waals surface area contributed by atoms with Crippen molar-refractivity contribution in [2.24, 2.45) is 5.73 Å². The van der Waals surface area contributed by atoms with Crippen molar-refractivity contribution in [3.8, 4) is 11.5 Å². The van der Waals surface area contributed by atoms with Crippen LogP contribution in [0.3, 0.4) is 0 Å². The number of methoxy groups -OCH3 is 1. The molecule has 1 fully saturated rings. The molecule has 0 aliphatic carbocycles. The average Bonchev–Trinajstić information content (AvgIpc) is 2.38. The number of aliphatic carboxylic acids is 1. The standard InChI is InChI=1S/C13H17NO6S/c1-19-12-5-8(4-10(14)13(15)16)2-3-11(12)20-9-6-21(17,18)7-9/h2-3,5,9-10H,4,6-7,14H2,1H3,(H,15,16). The molecule has 1 aliphatic rings. The number of rotatable bonds is 6. The Kier molecular flexibility index (Phi) is 4.38. The molecule has 1 aromatic carbocycles. The molecule has 1 atom stereocenters. The van der Waals surface area contributed by atoms with Crippen LogP contribution >= 0.6 is 0 Å². The fourth-order valence-corrected chi connectivity index (χ4v) is 3.21. The highest BCUT2D eigenvalue weighted by Crippen LogP contribution is 2.31. The highest BCUT2D eigenvalue weighted by molar-refractivity contribution is 7.92. The maximum Gasteiger partial charge on any atom is 0.320 e. The molecule has 2 rings (SSSR count). The van der Waals surface area contributed by atoms with Gasteiger partial charge in [-0.1, -0.05) is 6.07 Å². The van der Waals surface area contributed by atoms with Gasteiger partial charge in [-0.3, -0.25) is 4.79 Å². The topological polar surface area (TPSA) is 116 Å². The minimum absolute atomic E-state index is 0.00178. The van der Waals surface area contributed by atoms with E-state index in [0.29, 0.717) is 17.1 Å². The Bertz CT molecular complexity index is 630. The van der Waals surface area contributed by atoms with Crippen molar-refractivity contribution in [2.45, 2.75) is 18.6 Å². The number of carbonyl (C=O) groups is 1. The molecule has 0 spiro atoms. The number of benzene rings is 1.